The molecule has 3 N–H and O–H groups in total. The van der Waals surface area contributed by atoms with Crippen LogP contribution in [0.4, 0.5) is 0 Å². The van der Waals surface area contributed by atoms with E-state index >= 15 is 0 Å². The van der Waals surface area contributed by atoms with Crippen LogP contribution >= 0.6 is 0 Å². The molecule has 0 atom stereocenters. The number of nitrogens with two attached hydrogens (primary N) is 1. The first-order valence-electron chi connectivity index (χ1n) is 6.88. The fourth-order valence-corrected chi connectivity index (χ4v) is 2.02. The van der Waals surface area contributed by atoms with Gasteiger partial charge in [0.2, 0.25) is 11.8 Å². The van der Waals surface area contributed by atoms with E-state index in [1.54, 1.807) is 12.1 Å². The van der Waals surface area contributed by atoms with E-state index < -0.39 is 5.91 Å². The van der Waals surface area contributed by atoms with Gasteiger partial charge in [-0.1, -0.05) is 0 Å². The van der Waals surface area contributed by atoms with Crippen LogP contribution in [-0.2, 0) is 9.53 Å². The Kier molecular flexibility index (Phi) is 5.51. The largest absolute Gasteiger partial charge is 0.477 e. The minimum Gasteiger partial charge on any atom is -0.477 e. The van der Waals surface area contributed by atoms with Crippen LogP contribution in [0.25, 0.3) is 0 Å². The first-order valence-corrected chi connectivity index (χ1v) is 6.88. The van der Waals surface area contributed by atoms with Gasteiger partial charge in [0.05, 0.1) is 13.2 Å². The summed E-state index contributed by atoms with van der Waals surface area (Å²) in [6.07, 6.45) is 3.44. The van der Waals surface area contributed by atoms with Crippen molar-refractivity contribution in [3.05, 3.63) is 23.9 Å². The first kappa shape index (κ1) is 15.2. The minimum atomic E-state index is -0.589. The van der Waals surface area contributed by atoms with Gasteiger partial charge < -0.3 is 20.5 Å². The normalized spacial score (nSPS) is 15.4. The summed E-state index contributed by atoms with van der Waals surface area (Å²) in [6, 6.07) is 3.10. The predicted octanol–water partition coefficient (Wildman–Crippen LogP) is 0.102. The highest BCUT2D eigenvalue weighted by Crippen LogP contribution is 2.17. The molecule has 0 bridgehead atoms. The molecular formula is C14H19N3O4. The maximum atomic E-state index is 11.8. The predicted molar refractivity (Wildman–Crippen MR) is 74.8 cm³/mol. The SMILES string of the molecule is NC(=O)CNC(=O)c1ccnc(OCC2CCOCC2)c1. The third kappa shape index (κ3) is 5.03. The van der Waals surface area contributed by atoms with Gasteiger partial charge in [0.25, 0.3) is 5.91 Å². The molecular weight excluding hydrogens is 274 g/mol. The Morgan fingerprint density at radius 3 is 2.90 bits per heavy atom. The van der Waals surface area contributed by atoms with Crippen LogP contribution in [0.5, 0.6) is 5.88 Å². The number of ether oxygens (including phenoxy) is 2. The fraction of sp³-hybridized carbons (Fsp3) is 0.500. The highest BCUT2D eigenvalue weighted by Gasteiger charge is 2.15. The quantitative estimate of drug-likeness (QED) is 0.774. The van der Waals surface area contributed by atoms with E-state index in [4.69, 9.17) is 15.2 Å². The minimum absolute atomic E-state index is 0.195. The van der Waals surface area contributed by atoms with E-state index in [1.807, 2.05) is 0 Å². The van der Waals surface area contributed by atoms with E-state index in [-0.39, 0.29) is 12.5 Å². The smallest absolute Gasteiger partial charge is 0.251 e. The fourth-order valence-electron chi connectivity index (χ4n) is 2.02. The van der Waals surface area contributed by atoms with Crippen LogP contribution in [0.1, 0.15) is 23.2 Å². The lowest BCUT2D eigenvalue weighted by atomic mass is 10.0. The summed E-state index contributed by atoms with van der Waals surface area (Å²) in [5.41, 5.74) is 5.36. The standard InChI is InChI=1S/C14H19N3O4/c15-12(18)8-17-14(19)11-1-4-16-13(7-11)21-9-10-2-5-20-6-3-10/h1,4,7,10H,2-3,5-6,8-9H2,(H2,15,18)(H,17,19). The van der Waals surface area contributed by atoms with Gasteiger partial charge in [0.1, 0.15) is 0 Å². The second kappa shape index (κ2) is 7.58. The molecule has 0 unspecified atom stereocenters. The number of hydrogen-bond acceptors (Lipinski definition) is 5. The zero-order chi connectivity index (χ0) is 15.1. The molecule has 1 saturated heterocycles. The molecule has 0 aliphatic carbocycles. The number of nitrogens with one attached hydrogen (secondary N) is 1. The Balaban J connectivity index is 1.87. The van der Waals surface area contributed by atoms with Crippen molar-refractivity contribution in [3.63, 3.8) is 0 Å². The third-order valence-corrected chi connectivity index (χ3v) is 3.23. The molecule has 7 nitrogen and oxygen atoms in total. The summed E-state index contributed by atoms with van der Waals surface area (Å²) in [5, 5.41) is 2.42. The zero-order valence-corrected chi connectivity index (χ0v) is 11.7. The lowest BCUT2D eigenvalue weighted by molar-refractivity contribution is -0.117. The van der Waals surface area contributed by atoms with Gasteiger partial charge in [-0.2, -0.15) is 0 Å². The van der Waals surface area contributed by atoms with Crippen molar-refractivity contribution in [2.45, 2.75) is 12.8 Å². The molecule has 2 heterocycles. The van der Waals surface area contributed by atoms with Crippen molar-refractivity contribution in [2.24, 2.45) is 11.7 Å². The Morgan fingerprint density at radius 2 is 2.19 bits per heavy atom. The van der Waals surface area contributed by atoms with Crippen LogP contribution in [-0.4, -0.2) is 43.2 Å². The van der Waals surface area contributed by atoms with Gasteiger partial charge in [-0.3, -0.25) is 9.59 Å². The molecule has 7 heteroatoms. The molecule has 0 saturated carbocycles. The van der Waals surface area contributed by atoms with Gasteiger partial charge in [0, 0.05) is 31.0 Å². The summed E-state index contributed by atoms with van der Waals surface area (Å²) < 4.78 is 10.9. The molecule has 114 valence electrons. The van der Waals surface area contributed by atoms with Crippen LogP contribution in [0.2, 0.25) is 0 Å². The first-order chi connectivity index (χ1) is 10.1. The number of primary amides is 1. The average Bonchev–Trinajstić information content (AvgIpc) is 2.52. The molecule has 1 aromatic rings. The number of amides is 2. The van der Waals surface area contributed by atoms with Crippen molar-refractivity contribution < 1.29 is 19.1 Å². The second-order valence-electron chi connectivity index (χ2n) is 4.90. The van der Waals surface area contributed by atoms with Gasteiger partial charge in [-0.05, 0) is 24.8 Å². The summed E-state index contributed by atoms with van der Waals surface area (Å²) >= 11 is 0. The highest BCUT2D eigenvalue weighted by molar-refractivity contribution is 5.96. The van der Waals surface area contributed by atoms with Gasteiger partial charge in [-0.15, -0.1) is 0 Å². The van der Waals surface area contributed by atoms with E-state index in [0.29, 0.717) is 24.0 Å². The number of carbonyl (C=O) groups is 2. The van der Waals surface area contributed by atoms with E-state index in [0.717, 1.165) is 26.1 Å². The number of aromatic nitrogens is 1. The van der Waals surface area contributed by atoms with E-state index in [2.05, 4.69) is 10.3 Å². The van der Waals surface area contributed by atoms with Crippen molar-refractivity contribution in [1.82, 2.24) is 10.3 Å². The molecule has 0 spiro atoms. The van der Waals surface area contributed by atoms with Crippen molar-refractivity contribution >= 4 is 11.8 Å². The van der Waals surface area contributed by atoms with Crippen molar-refractivity contribution in [1.29, 1.82) is 0 Å². The third-order valence-electron chi connectivity index (χ3n) is 3.23. The molecule has 1 fully saturated rings. The Morgan fingerprint density at radius 1 is 1.43 bits per heavy atom. The second-order valence-corrected chi connectivity index (χ2v) is 4.90. The van der Waals surface area contributed by atoms with Gasteiger partial charge >= 0.3 is 0 Å². The number of carbonyl (C=O) groups excluding carboxylic acids is 2. The van der Waals surface area contributed by atoms with E-state index in [1.165, 1.54) is 6.20 Å². The molecule has 1 aliphatic heterocycles. The number of hydrogen-bond donors (Lipinski definition) is 2. The Hall–Kier alpha value is -2.15. The van der Waals surface area contributed by atoms with Crippen molar-refractivity contribution in [3.8, 4) is 5.88 Å². The van der Waals surface area contributed by atoms with Crippen LogP contribution in [0, 0.1) is 5.92 Å². The molecule has 21 heavy (non-hydrogen) atoms. The number of nitrogens with zero attached hydrogens (tertiary/aromatic N) is 1. The maximum absolute atomic E-state index is 11.8. The molecule has 0 aromatic carbocycles. The molecule has 2 rings (SSSR count). The molecule has 0 radical (unpaired) electrons. The van der Waals surface area contributed by atoms with Crippen LogP contribution in [0.15, 0.2) is 18.3 Å². The highest BCUT2D eigenvalue weighted by atomic mass is 16.5. The molecule has 2 amide bonds. The number of rotatable bonds is 6. The number of pyridine rings is 1. The van der Waals surface area contributed by atoms with Crippen LogP contribution in [0.3, 0.4) is 0 Å². The zero-order valence-electron chi connectivity index (χ0n) is 11.7. The maximum Gasteiger partial charge on any atom is 0.251 e. The Bertz CT molecular complexity index is 501. The summed E-state index contributed by atoms with van der Waals surface area (Å²) in [4.78, 5) is 26.5. The average molecular weight is 293 g/mol. The van der Waals surface area contributed by atoms with Gasteiger partial charge in [0.15, 0.2) is 0 Å². The van der Waals surface area contributed by atoms with Gasteiger partial charge in [-0.25, -0.2) is 4.98 Å². The summed E-state index contributed by atoms with van der Waals surface area (Å²) in [5.74, 6) is -0.123. The summed E-state index contributed by atoms with van der Waals surface area (Å²) in [7, 11) is 0. The molecule has 1 aliphatic rings. The van der Waals surface area contributed by atoms with E-state index in [9.17, 15) is 9.59 Å². The van der Waals surface area contributed by atoms with Crippen molar-refractivity contribution in [2.75, 3.05) is 26.4 Å². The Labute approximate surface area is 122 Å². The monoisotopic (exact) mass is 293 g/mol. The molecule has 1 aromatic heterocycles. The summed E-state index contributed by atoms with van der Waals surface area (Å²) in [6.45, 7) is 1.89. The lowest BCUT2D eigenvalue weighted by Crippen LogP contribution is -2.33. The lowest BCUT2D eigenvalue weighted by Gasteiger charge is -2.21. The topological polar surface area (TPSA) is 104 Å². The van der Waals surface area contributed by atoms with Crippen LogP contribution < -0.4 is 15.8 Å².